The molecule has 0 aliphatic carbocycles. The average Bonchev–Trinajstić information content (AvgIpc) is 3.08. The third-order valence-corrected chi connectivity index (χ3v) is 5.56. The zero-order chi connectivity index (χ0) is 13.9. The second-order valence-corrected chi connectivity index (χ2v) is 6.87. The summed E-state index contributed by atoms with van der Waals surface area (Å²) in [5.74, 6) is 0.0107. The summed E-state index contributed by atoms with van der Waals surface area (Å²) in [4.78, 5) is 18.7. The Morgan fingerprint density at radius 3 is 3.15 bits per heavy atom. The van der Waals surface area contributed by atoms with Gasteiger partial charge in [0, 0.05) is 12.6 Å². The molecule has 0 spiro atoms. The van der Waals surface area contributed by atoms with Crippen molar-refractivity contribution in [2.24, 2.45) is 0 Å². The molecule has 2 N–H and O–H groups in total. The first-order valence-corrected chi connectivity index (χ1v) is 8.46. The Morgan fingerprint density at radius 2 is 2.45 bits per heavy atom. The van der Waals surface area contributed by atoms with Gasteiger partial charge in [-0.15, -0.1) is 22.7 Å². The molecule has 6 heteroatoms. The maximum atomic E-state index is 12.4. The predicted octanol–water partition coefficient (Wildman–Crippen LogP) is 2.66. The maximum Gasteiger partial charge on any atom is 0.263 e. The van der Waals surface area contributed by atoms with Gasteiger partial charge in [0.15, 0.2) is 0 Å². The van der Waals surface area contributed by atoms with Crippen molar-refractivity contribution in [1.29, 1.82) is 0 Å². The number of carbonyl (C=O) groups is 1. The largest absolute Gasteiger partial charge is 0.347 e. The van der Waals surface area contributed by atoms with Crippen LogP contribution in [-0.2, 0) is 0 Å². The van der Waals surface area contributed by atoms with Crippen molar-refractivity contribution >= 4 is 28.6 Å². The van der Waals surface area contributed by atoms with E-state index in [1.165, 1.54) is 11.3 Å². The summed E-state index contributed by atoms with van der Waals surface area (Å²) >= 11 is 3.13. The molecule has 0 radical (unpaired) electrons. The number of nitrogens with one attached hydrogen (secondary N) is 2. The van der Waals surface area contributed by atoms with Gasteiger partial charge in [-0.2, -0.15) is 0 Å². The number of rotatable bonds is 3. The zero-order valence-electron chi connectivity index (χ0n) is 11.3. The van der Waals surface area contributed by atoms with Gasteiger partial charge in [0.1, 0.15) is 9.88 Å². The lowest BCUT2D eigenvalue weighted by Crippen LogP contribution is -2.45. The third kappa shape index (κ3) is 2.92. The van der Waals surface area contributed by atoms with E-state index < -0.39 is 0 Å². The van der Waals surface area contributed by atoms with Crippen LogP contribution in [0.2, 0.25) is 0 Å². The SMILES string of the molecule is Cc1nc(-c2cccs2)sc1C(=O)N[C@H]1CCCNC1. The summed E-state index contributed by atoms with van der Waals surface area (Å²) in [6, 6.07) is 4.28. The van der Waals surface area contributed by atoms with Gasteiger partial charge in [-0.3, -0.25) is 4.79 Å². The molecule has 0 unspecified atom stereocenters. The van der Waals surface area contributed by atoms with Crippen LogP contribution in [0.1, 0.15) is 28.2 Å². The third-order valence-electron chi connectivity index (χ3n) is 3.37. The number of hydrogen-bond donors (Lipinski definition) is 2. The number of nitrogens with zero attached hydrogens (tertiary/aromatic N) is 1. The quantitative estimate of drug-likeness (QED) is 0.916. The highest BCUT2D eigenvalue weighted by Crippen LogP contribution is 2.31. The van der Waals surface area contributed by atoms with E-state index in [2.05, 4.69) is 15.6 Å². The molecule has 0 aromatic carbocycles. The summed E-state index contributed by atoms with van der Waals surface area (Å²) in [6.07, 6.45) is 2.17. The van der Waals surface area contributed by atoms with Crippen molar-refractivity contribution in [3.8, 4) is 9.88 Å². The number of carbonyl (C=O) groups excluding carboxylic acids is 1. The molecular formula is C14H17N3OS2. The van der Waals surface area contributed by atoms with Crippen LogP contribution in [0.15, 0.2) is 17.5 Å². The second-order valence-electron chi connectivity index (χ2n) is 4.93. The highest BCUT2D eigenvalue weighted by molar-refractivity contribution is 7.22. The Bertz CT molecular complexity index is 586. The maximum absolute atomic E-state index is 12.4. The topological polar surface area (TPSA) is 54.0 Å². The second kappa shape index (κ2) is 6.03. The van der Waals surface area contributed by atoms with E-state index in [0.29, 0.717) is 0 Å². The van der Waals surface area contributed by atoms with E-state index in [9.17, 15) is 4.79 Å². The Labute approximate surface area is 126 Å². The number of thiophene rings is 1. The minimum Gasteiger partial charge on any atom is -0.347 e. The van der Waals surface area contributed by atoms with Gasteiger partial charge in [0.2, 0.25) is 0 Å². The number of amides is 1. The van der Waals surface area contributed by atoms with Gasteiger partial charge < -0.3 is 10.6 Å². The Balaban J connectivity index is 1.74. The molecule has 0 saturated carbocycles. The number of piperidine rings is 1. The molecule has 106 valence electrons. The summed E-state index contributed by atoms with van der Waals surface area (Å²) < 4.78 is 0. The molecule has 3 heterocycles. The van der Waals surface area contributed by atoms with E-state index in [4.69, 9.17) is 0 Å². The van der Waals surface area contributed by atoms with Gasteiger partial charge >= 0.3 is 0 Å². The lowest BCUT2D eigenvalue weighted by Gasteiger charge is -2.23. The van der Waals surface area contributed by atoms with Crippen molar-refractivity contribution in [2.45, 2.75) is 25.8 Å². The minimum atomic E-state index is 0.0107. The highest BCUT2D eigenvalue weighted by atomic mass is 32.1. The van der Waals surface area contributed by atoms with Gasteiger partial charge in [0.05, 0.1) is 10.6 Å². The van der Waals surface area contributed by atoms with Crippen molar-refractivity contribution in [1.82, 2.24) is 15.6 Å². The van der Waals surface area contributed by atoms with Crippen molar-refractivity contribution in [2.75, 3.05) is 13.1 Å². The van der Waals surface area contributed by atoms with Gasteiger partial charge in [-0.05, 0) is 37.8 Å². The molecule has 1 aliphatic heterocycles. The lowest BCUT2D eigenvalue weighted by molar-refractivity contribution is 0.0934. The van der Waals surface area contributed by atoms with Gasteiger partial charge in [-0.25, -0.2) is 4.98 Å². The summed E-state index contributed by atoms with van der Waals surface area (Å²) in [5.41, 5.74) is 0.819. The van der Waals surface area contributed by atoms with Gasteiger partial charge in [0.25, 0.3) is 5.91 Å². The van der Waals surface area contributed by atoms with E-state index in [1.54, 1.807) is 11.3 Å². The standard InChI is InChI=1S/C14H17N3OS2/c1-9-12(13(18)17-10-4-2-6-15-8-10)20-14(16-9)11-5-3-7-19-11/h3,5,7,10,15H,2,4,6,8H2,1H3,(H,17,18)/t10-/m0/s1. The molecule has 0 bridgehead atoms. The zero-order valence-corrected chi connectivity index (χ0v) is 12.9. The highest BCUT2D eigenvalue weighted by Gasteiger charge is 2.20. The molecule has 1 atom stereocenters. The van der Waals surface area contributed by atoms with Crippen LogP contribution in [0, 0.1) is 6.92 Å². The van der Waals surface area contributed by atoms with Gasteiger partial charge in [-0.1, -0.05) is 6.07 Å². The first kappa shape index (κ1) is 13.7. The lowest BCUT2D eigenvalue weighted by atomic mass is 10.1. The molecule has 3 rings (SSSR count). The molecule has 1 fully saturated rings. The van der Waals surface area contributed by atoms with Crippen LogP contribution in [0.5, 0.6) is 0 Å². The van der Waals surface area contributed by atoms with Crippen LogP contribution < -0.4 is 10.6 Å². The van der Waals surface area contributed by atoms with Crippen LogP contribution in [0.3, 0.4) is 0 Å². The van der Waals surface area contributed by atoms with E-state index >= 15 is 0 Å². The van der Waals surface area contributed by atoms with Crippen molar-refractivity contribution in [3.63, 3.8) is 0 Å². The number of hydrogen-bond acceptors (Lipinski definition) is 5. The first-order valence-electron chi connectivity index (χ1n) is 6.77. The number of aromatic nitrogens is 1. The van der Waals surface area contributed by atoms with Crippen LogP contribution in [0.25, 0.3) is 9.88 Å². The Kier molecular flexibility index (Phi) is 4.14. The summed E-state index contributed by atoms with van der Waals surface area (Å²) in [6.45, 7) is 3.82. The Hall–Kier alpha value is -1.24. The normalized spacial score (nSPS) is 18.9. The van der Waals surface area contributed by atoms with E-state index in [1.807, 2.05) is 24.4 Å². The predicted molar refractivity (Wildman–Crippen MR) is 83.5 cm³/mol. The fourth-order valence-electron chi connectivity index (χ4n) is 2.34. The molecule has 1 amide bonds. The molecule has 2 aromatic heterocycles. The molecular weight excluding hydrogens is 290 g/mol. The molecule has 4 nitrogen and oxygen atoms in total. The van der Waals surface area contributed by atoms with Crippen LogP contribution in [0.4, 0.5) is 0 Å². The minimum absolute atomic E-state index is 0.0107. The first-order chi connectivity index (χ1) is 9.74. The molecule has 1 aliphatic rings. The van der Waals surface area contributed by atoms with E-state index in [0.717, 1.165) is 46.4 Å². The number of aryl methyl sites for hydroxylation is 1. The molecule has 2 aromatic rings. The number of thiazole rings is 1. The fraction of sp³-hybridized carbons (Fsp3) is 0.429. The smallest absolute Gasteiger partial charge is 0.263 e. The van der Waals surface area contributed by atoms with Crippen LogP contribution >= 0.6 is 22.7 Å². The summed E-state index contributed by atoms with van der Waals surface area (Å²) in [5, 5.41) is 9.38. The fourth-order valence-corrected chi connectivity index (χ4v) is 4.10. The van der Waals surface area contributed by atoms with Crippen molar-refractivity contribution in [3.05, 3.63) is 28.1 Å². The van der Waals surface area contributed by atoms with Crippen LogP contribution in [-0.4, -0.2) is 30.0 Å². The monoisotopic (exact) mass is 307 g/mol. The molecule has 1 saturated heterocycles. The average molecular weight is 307 g/mol. The molecule has 20 heavy (non-hydrogen) atoms. The van der Waals surface area contributed by atoms with Crippen molar-refractivity contribution < 1.29 is 4.79 Å². The summed E-state index contributed by atoms with van der Waals surface area (Å²) in [7, 11) is 0. The van der Waals surface area contributed by atoms with E-state index in [-0.39, 0.29) is 11.9 Å². The Morgan fingerprint density at radius 1 is 1.55 bits per heavy atom.